The molecule has 1 unspecified atom stereocenters. The maximum atomic E-state index is 13.1. The molecule has 2 aliphatic heterocycles. The number of hydrogen-bond acceptors (Lipinski definition) is 4. The summed E-state index contributed by atoms with van der Waals surface area (Å²) in [6, 6.07) is 8.26. The third-order valence-electron chi connectivity index (χ3n) is 5.34. The van der Waals surface area contributed by atoms with Crippen LogP contribution in [0.1, 0.15) is 25.8 Å². The lowest BCUT2D eigenvalue weighted by Crippen LogP contribution is -2.57. The van der Waals surface area contributed by atoms with Gasteiger partial charge in [0.1, 0.15) is 6.04 Å². The van der Waals surface area contributed by atoms with Gasteiger partial charge in [-0.05, 0) is 19.4 Å². The molecule has 0 spiro atoms. The smallest absolute Gasteiger partial charge is 0.327 e. The molecule has 2 aliphatic rings. The number of carboxylic acid groups (broad SMARTS) is 1. The summed E-state index contributed by atoms with van der Waals surface area (Å²) in [4.78, 5) is 38.1. The maximum Gasteiger partial charge on any atom is 0.327 e. The Bertz CT molecular complexity index is 723. The van der Waals surface area contributed by atoms with Crippen LogP contribution in [-0.4, -0.2) is 54.3 Å². The Labute approximate surface area is 147 Å². The van der Waals surface area contributed by atoms with Crippen LogP contribution in [0.4, 0.5) is 4.79 Å². The van der Waals surface area contributed by atoms with Crippen LogP contribution in [0.3, 0.4) is 0 Å². The van der Waals surface area contributed by atoms with Crippen molar-refractivity contribution in [1.82, 2.24) is 10.2 Å². The van der Waals surface area contributed by atoms with E-state index in [4.69, 9.17) is 0 Å². The molecule has 2 amide bonds. The quantitative estimate of drug-likeness (QED) is 0.699. The average Bonchev–Trinajstić information content (AvgIpc) is 2.74. The fraction of sp³-hybridized carbons (Fsp3) is 0.471. The number of β-lactam (4-membered cyclic amide) rings is 1. The molecule has 3 N–H and O–H groups in total. The first kappa shape index (κ1) is 17.8. The molecular formula is C17H22N2O5S. The van der Waals surface area contributed by atoms with Gasteiger partial charge in [-0.1, -0.05) is 30.3 Å². The van der Waals surface area contributed by atoms with Crippen molar-refractivity contribution in [3.05, 3.63) is 35.9 Å². The molecule has 2 saturated heterocycles. The summed E-state index contributed by atoms with van der Waals surface area (Å²) in [7, 11) is -2.46. The van der Waals surface area contributed by atoms with Gasteiger partial charge in [0, 0.05) is 11.3 Å². The van der Waals surface area contributed by atoms with E-state index in [1.54, 1.807) is 13.8 Å². The third-order valence-corrected chi connectivity index (χ3v) is 9.97. The van der Waals surface area contributed by atoms with Crippen LogP contribution >= 0.6 is 10.0 Å². The first-order valence-corrected chi connectivity index (χ1v) is 9.90. The predicted molar refractivity (Wildman–Crippen MR) is 94.1 cm³/mol. The second-order valence-electron chi connectivity index (χ2n) is 6.85. The Kier molecular flexibility index (Phi) is 4.28. The molecule has 3 atom stereocenters. The number of carboxylic acids is 1. The lowest BCUT2D eigenvalue weighted by atomic mass is 9.98. The van der Waals surface area contributed by atoms with Crippen LogP contribution in [0.15, 0.2) is 30.3 Å². The number of hydrogen-bond donors (Lipinski definition) is 3. The van der Waals surface area contributed by atoms with E-state index in [-0.39, 0.29) is 17.6 Å². The highest BCUT2D eigenvalue weighted by Crippen LogP contribution is 2.73. The highest BCUT2D eigenvalue weighted by atomic mass is 32.3. The highest BCUT2D eigenvalue weighted by Gasteiger charge is 2.71. The monoisotopic (exact) mass is 366 g/mol. The number of fused-ring (bicyclic) bond motifs is 1. The van der Waals surface area contributed by atoms with Gasteiger partial charge in [-0.15, -0.1) is 10.0 Å². The van der Waals surface area contributed by atoms with Gasteiger partial charge in [-0.2, -0.15) is 0 Å². The molecule has 0 bridgehead atoms. The normalized spacial score (nSPS) is 32.3. The fourth-order valence-electron chi connectivity index (χ4n) is 3.92. The van der Waals surface area contributed by atoms with Crippen molar-refractivity contribution in [2.75, 3.05) is 5.94 Å². The number of aliphatic hydroxyl groups excluding tert-OH is 1. The third kappa shape index (κ3) is 2.35. The van der Waals surface area contributed by atoms with Gasteiger partial charge >= 0.3 is 5.97 Å². The number of aliphatic carboxylic acids is 1. The molecule has 1 aromatic carbocycles. The Morgan fingerprint density at radius 3 is 2.44 bits per heavy atom. The molecule has 0 aliphatic carbocycles. The van der Waals surface area contributed by atoms with Crippen molar-refractivity contribution in [3.8, 4) is 0 Å². The Hall–Kier alpha value is -2.06. The molecule has 25 heavy (non-hydrogen) atoms. The van der Waals surface area contributed by atoms with Crippen LogP contribution in [0.25, 0.3) is 0 Å². The Balaban J connectivity index is 1.91. The summed E-state index contributed by atoms with van der Waals surface area (Å²) in [5.74, 6) is -1.84. The Morgan fingerprint density at radius 1 is 1.32 bits per heavy atom. The van der Waals surface area contributed by atoms with E-state index in [0.717, 1.165) is 5.56 Å². The van der Waals surface area contributed by atoms with Gasteiger partial charge in [0.05, 0.1) is 17.7 Å². The predicted octanol–water partition coefficient (Wildman–Crippen LogP) is 1.45. The molecule has 136 valence electrons. The minimum Gasteiger partial charge on any atom is -0.480 e. The Morgan fingerprint density at radius 2 is 1.96 bits per heavy atom. The van der Waals surface area contributed by atoms with Crippen molar-refractivity contribution in [1.29, 1.82) is 0 Å². The zero-order valence-electron chi connectivity index (χ0n) is 14.1. The van der Waals surface area contributed by atoms with E-state index in [2.05, 4.69) is 5.32 Å². The van der Waals surface area contributed by atoms with Crippen molar-refractivity contribution in [2.24, 2.45) is 0 Å². The van der Waals surface area contributed by atoms with Gasteiger partial charge in [-0.25, -0.2) is 4.79 Å². The van der Waals surface area contributed by atoms with Crippen molar-refractivity contribution < 1.29 is 24.6 Å². The lowest BCUT2D eigenvalue weighted by Gasteiger charge is -2.48. The first-order chi connectivity index (χ1) is 11.8. The molecule has 0 saturated carbocycles. The number of benzene rings is 1. The van der Waals surface area contributed by atoms with Gasteiger partial charge in [0.2, 0.25) is 5.91 Å². The van der Waals surface area contributed by atoms with Gasteiger partial charge in [0.25, 0.3) is 5.24 Å². The van der Waals surface area contributed by atoms with Gasteiger partial charge < -0.3 is 20.4 Å². The number of nitrogens with zero attached hydrogens (tertiary/aromatic N) is 1. The van der Waals surface area contributed by atoms with Gasteiger partial charge in [-0.3, -0.25) is 9.59 Å². The van der Waals surface area contributed by atoms with Crippen LogP contribution < -0.4 is 5.32 Å². The topological polar surface area (TPSA) is 107 Å². The zero-order chi connectivity index (χ0) is 18.4. The van der Waals surface area contributed by atoms with E-state index in [1.807, 2.05) is 30.3 Å². The van der Waals surface area contributed by atoms with Crippen LogP contribution in [0.5, 0.6) is 0 Å². The summed E-state index contributed by atoms with van der Waals surface area (Å²) in [6.45, 7) is 3.64. The number of rotatable bonds is 4. The summed E-state index contributed by atoms with van der Waals surface area (Å²) >= 11 is 0. The molecule has 0 radical (unpaired) electrons. The molecule has 0 aromatic heterocycles. The fourth-order valence-corrected chi connectivity index (χ4v) is 7.97. The molecular weight excluding hydrogens is 344 g/mol. The minimum atomic E-state index is -2.46. The molecule has 3 rings (SSSR count). The molecule has 2 fully saturated rings. The van der Waals surface area contributed by atoms with Crippen molar-refractivity contribution in [2.45, 2.75) is 43.0 Å². The zero-order valence-corrected chi connectivity index (χ0v) is 15.0. The van der Waals surface area contributed by atoms with E-state index in [1.165, 1.54) is 4.90 Å². The average molecular weight is 366 g/mol. The number of carbonyl (C=O) groups is 3. The summed E-state index contributed by atoms with van der Waals surface area (Å²) in [5, 5.41) is 21.8. The summed E-state index contributed by atoms with van der Waals surface area (Å²) in [5.41, 5.74) is 0.912. The molecule has 8 heteroatoms. The molecule has 1 aromatic rings. The lowest BCUT2D eigenvalue weighted by molar-refractivity contribution is -0.157. The molecule has 2 heterocycles. The number of carbonyl (C=O) groups excluding carboxylic acids is 2. The van der Waals surface area contributed by atoms with Crippen LogP contribution in [0, 0.1) is 0 Å². The standard InChI is InChI=1S/C17H22N2O5S/c1-17(2)14(15(22)23)19-12(21)8-13(19)25(17,10-20)16(24)18-9-11-6-4-3-5-7-11/h3-7,13-14,20H,8-10H2,1-2H3,(H,18,24)(H,22,23)/t13-,14+/m1/s1. The second kappa shape index (κ2) is 6.03. The number of amides is 2. The van der Waals surface area contributed by atoms with Crippen molar-refractivity contribution in [3.63, 3.8) is 0 Å². The number of nitrogens with one attached hydrogen (secondary N) is 1. The number of aliphatic hydroxyl groups is 1. The molecule has 7 nitrogen and oxygen atoms in total. The SMILES string of the molecule is CC1(C)[C@H](C(=O)O)N2C(=O)C[C@H]2S1(CO)C(=O)NCc1ccccc1. The van der Waals surface area contributed by atoms with Crippen molar-refractivity contribution >= 4 is 27.1 Å². The second-order valence-corrected chi connectivity index (χ2v) is 10.7. The van der Waals surface area contributed by atoms with E-state index in [9.17, 15) is 24.6 Å². The first-order valence-electron chi connectivity index (χ1n) is 8.03. The minimum absolute atomic E-state index is 0.113. The van der Waals surface area contributed by atoms with Gasteiger partial charge in [0.15, 0.2) is 0 Å². The van der Waals surface area contributed by atoms with E-state index in [0.29, 0.717) is 6.54 Å². The highest BCUT2D eigenvalue weighted by molar-refractivity contribution is 8.46. The maximum absolute atomic E-state index is 13.1. The summed E-state index contributed by atoms with van der Waals surface area (Å²) in [6.07, 6.45) is 0.113. The summed E-state index contributed by atoms with van der Waals surface area (Å²) < 4.78 is -1.02. The van der Waals surface area contributed by atoms with E-state index >= 15 is 0 Å². The van der Waals surface area contributed by atoms with Crippen LogP contribution in [0.2, 0.25) is 0 Å². The largest absolute Gasteiger partial charge is 0.480 e. The van der Waals surface area contributed by atoms with Crippen LogP contribution in [-0.2, 0) is 16.1 Å². The van der Waals surface area contributed by atoms with E-state index < -0.39 is 38.1 Å².